The Bertz CT molecular complexity index is 514. The number of carboxylic acid groups (broad SMARTS) is 1. The fourth-order valence-corrected chi connectivity index (χ4v) is 1.64. The van der Waals surface area contributed by atoms with Crippen LogP contribution < -0.4 is 10.6 Å². The summed E-state index contributed by atoms with van der Waals surface area (Å²) in [5.41, 5.74) is 0.588. The van der Waals surface area contributed by atoms with Crippen molar-refractivity contribution < 1.29 is 19.8 Å². The molecule has 1 atom stereocenters. The molecule has 110 valence electrons. The number of rotatable bonds is 5. The van der Waals surface area contributed by atoms with Crippen LogP contribution in [-0.2, 0) is 4.79 Å². The molecule has 2 amide bonds. The summed E-state index contributed by atoms with van der Waals surface area (Å²) >= 11 is 0. The lowest BCUT2D eigenvalue weighted by Crippen LogP contribution is -2.43. The Morgan fingerprint density at radius 1 is 1.35 bits per heavy atom. The second kappa shape index (κ2) is 6.33. The van der Waals surface area contributed by atoms with Crippen LogP contribution in [0.3, 0.4) is 0 Å². The van der Waals surface area contributed by atoms with Gasteiger partial charge in [0.1, 0.15) is 0 Å². The summed E-state index contributed by atoms with van der Waals surface area (Å²) in [6, 6.07) is 2.97. The predicted molar refractivity (Wildman–Crippen MR) is 73.6 cm³/mol. The van der Waals surface area contributed by atoms with E-state index in [2.05, 4.69) is 15.6 Å². The third-order valence-corrected chi connectivity index (χ3v) is 2.64. The number of pyridine rings is 1. The molecule has 0 aliphatic carbocycles. The van der Waals surface area contributed by atoms with Crippen molar-refractivity contribution in [2.24, 2.45) is 0 Å². The summed E-state index contributed by atoms with van der Waals surface area (Å²) in [6.07, 6.45) is -0.446. The van der Waals surface area contributed by atoms with E-state index >= 15 is 0 Å². The zero-order valence-corrected chi connectivity index (χ0v) is 11.7. The number of hydrogen-bond donors (Lipinski definition) is 4. The average Bonchev–Trinajstić information content (AvgIpc) is 2.29. The number of aromatic nitrogens is 1. The molecule has 0 radical (unpaired) electrons. The lowest BCUT2D eigenvalue weighted by atomic mass is 10.0. The van der Waals surface area contributed by atoms with Crippen molar-refractivity contribution >= 4 is 17.7 Å². The average molecular weight is 281 g/mol. The molecule has 0 aliphatic heterocycles. The van der Waals surface area contributed by atoms with Gasteiger partial charge in [-0.05, 0) is 32.9 Å². The maximum atomic E-state index is 11.7. The first-order valence-electron chi connectivity index (χ1n) is 6.13. The van der Waals surface area contributed by atoms with Gasteiger partial charge in [0.2, 0.25) is 0 Å². The fourth-order valence-electron chi connectivity index (χ4n) is 1.64. The second-order valence-electron chi connectivity index (χ2n) is 4.96. The van der Waals surface area contributed by atoms with Crippen molar-refractivity contribution in [1.82, 2.24) is 10.3 Å². The molecule has 1 aromatic rings. The van der Waals surface area contributed by atoms with Gasteiger partial charge in [-0.1, -0.05) is 0 Å². The Balaban J connectivity index is 2.54. The first-order chi connectivity index (χ1) is 9.19. The van der Waals surface area contributed by atoms with Crippen LogP contribution in [0.1, 0.15) is 24.7 Å². The zero-order valence-electron chi connectivity index (χ0n) is 11.7. The van der Waals surface area contributed by atoms with E-state index in [0.717, 1.165) is 5.69 Å². The molecule has 0 aromatic carbocycles. The predicted octanol–water partition coefficient (Wildman–Crippen LogP) is 1.05. The number of nitrogens with one attached hydrogen (secondary N) is 2. The van der Waals surface area contributed by atoms with Crippen molar-refractivity contribution in [3.05, 3.63) is 23.5 Å². The monoisotopic (exact) mass is 281 g/mol. The van der Waals surface area contributed by atoms with Crippen LogP contribution in [0.5, 0.6) is 0 Å². The molecule has 0 saturated carbocycles. The molecule has 4 N–H and O–H groups in total. The largest absolute Gasteiger partial charge is 0.481 e. The number of aliphatic carboxylic acids is 1. The van der Waals surface area contributed by atoms with Crippen LogP contribution in [-0.4, -0.2) is 39.3 Å². The van der Waals surface area contributed by atoms with Gasteiger partial charge in [0, 0.05) is 12.2 Å². The topological polar surface area (TPSA) is 112 Å². The Kier molecular flexibility index (Phi) is 5.04. The van der Waals surface area contributed by atoms with E-state index in [1.807, 2.05) is 6.92 Å². The normalized spacial score (nSPS) is 13.4. The molecular weight excluding hydrogens is 262 g/mol. The minimum atomic E-state index is -1.50. The number of carbonyl (C=O) groups excluding carboxylic acids is 1. The SMILES string of the molecule is Cc1ccc(NC(=O)NCC(C)(O)CC(=O)O)c(C)n1. The highest BCUT2D eigenvalue weighted by molar-refractivity contribution is 5.89. The fraction of sp³-hybridized carbons (Fsp3) is 0.462. The standard InChI is InChI=1S/C13H19N3O4/c1-8-4-5-10(9(2)15-8)16-12(19)14-7-13(3,20)6-11(17)18/h4-5,20H,6-7H2,1-3H3,(H,17,18)(H2,14,16,19). The van der Waals surface area contributed by atoms with E-state index in [1.54, 1.807) is 19.1 Å². The maximum absolute atomic E-state index is 11.7. The number of nitrogens with zero attached hydrogens (tertiary/aromatic N) is 1. The van der Waals surface area contributed by atoms with E-state index in [4.69, 9.17) is 5.11 Å². The van der Waals surface area contributed by atoms with Crippen LogP contribution in [0.15, 0.2) is 12.1 Å². The first-order valence-corrected chi connectivity index (χ1v) is 6.13. The van der Waals surface area contributed by atoms with Crippen LogP contribution in [0.4, 0.5) is 10.5 Å². The maximum Gasteiger partial charge on any atom is 0.319 e. The van der Waals surface area contributed by atoms with Gasteiger partial charge in [-0.15, -0.1) is 0 Å². The number of aliphatic hydroxyl groups is 1. The molecule has 1 unspecified atom stereocenters. The Hall–Kier alpha value is -2.15. The second-order valence-corrected chi connectivity index (χ2v) is 4.96. The van der Waals surface area contributed by atoms with Crippen LogP contribution >= 0.6 is 0 Å². The highest BCUT2D eigenvalue weighted by atomic mass is 16.4. The summed E-state index contributed by atoms with van der Waals surface area (Å²) in [6.45, 7) is 4.80. The summed E-state index contributed by atoms with van der Waals surface area (Å²) in [5.74, 6) is -1.13. The Morgan fingerprint density at radius 2 is 2.00 bits per heavy atom. The Morgan fingerprint density at radius 3 is 2.55 bits per heavy atom. The van der Waals surface area contributed by atoms with Gasteiger partial charge in [0.25, 0.3) is 0 Å². The van der Waals surface area contributed by atoms with Crippen molar-refractivity contribution in [2.75, 3.05) is 11.9 Å². The summed E-state index contributed by atoms with van der Waals surface area (Å²) in [4.78, 5) is 26.4. The number of amides is 2. The van der Waals surface area contributed by atoms with Crippen molar-refractivity contribution in [1.29, 1.82) is 0 Å². The van der Waals surface area contributed by atoms with Gasteiger partial charge >= 0.3 is 12.0 Å². The van der Waals surface area contributed by atoms with Gasteiger partial charge in [-0.3, -0.25) is 9.78 Å². The van der Waals surface area contributed by atoms with Gasteiger partial charge in [-0.2, -0.15) is 0 Å². The van der Waals surface area contributed by atoms with E-state index in [9.17, 15) is 14.7 Å². The minimum Gasteiger partial charge on any atom is -0.481 e. The van der Waals surface area contributed by atoms with E-state index in [1.165, 1.54) is 6.92 Å². The molecule has 0 fully saturated rings. The summed E-state index contributed by atoms with van der Waals surface area (Å²) in [7, 11) is 0. The lowest BCUT2D eigenvalue weighted by molar-refractivity contribution is -0.141. The van der Waals surface area contributed by atoms with Crippen molar-refractivity contribution in [3.8, 4) is 0 Å². The molecule has 7 nitrogen and oxygen atoms in total. The van der Waals surface area contributed by atoms with Crippen LogP contribution in [0.25, 0.3) is 0 Å². The third-order valence-electron chi connectivity index (χ3n) is 2.64. The van der Waals surface area contributed by atoms with Crippen molar-refractivity contribution in [2.45, 2.75) is 32.8 Å². The quantitative estimate of drug-likeness (QED) is 0.644. The highest BCUT2D eigenvalue weighted by Gasteiger charge is 2.24. The van der Waals surface area contributed by atoms with E-state index in [-0.39, 0.29) is 6.54 Å². The summed E-state index contributed by atoms with van der Waals surface area (Å²) < 4.78 is 0. The highest BCUT2D eigenvalue weighted by Crippen LogP contribution is 2.12. The summed E-state index contributed by atoms with van der Waals surface area (Å²) in [5, 5.41) is 23.4. The van der Waals surface area contributed by atoms with Gasteiger partial charge < -0.3 is 20.8 Å². The molecule has 0 bridgehead atoms. The van der Waals surface area contributed by atoms with Gasteiger partial charge in [0.15, 0.2) is 0 Å². The number of aryl methyl sites for hydroxylation is 2. The molecule has 20 heavy (non-hydrogen) atoms. The molecule has 1 heterocycles. The zero-order chi connectivity index (χ0) is 15.3. The van der Waals surface area contributed by atoms with Gasteiger partial charge in [-0.25, -0.2) is 4.79 Å². The minimum absolute atomic E-state index is 0.163. The molecule has 1 aromatic heterocycles. The number of urea groups is 1. The Labute approximate surface area is 117 Å². The third kappa shape index (κ3) is 5.23. The smallest absolute Gasteiger partial charge is 0.319 e. The van der Waals surface area contributed by atoms with Crippen molar-refractivity contribution in [3.63, 3.8) is 0 Å². The van der Waals surface area contributed by atoms with E-state index < -0.39 is 24.0 Å². The number of carboxylic acids is 1. The first kappa shape index (κ1) is 15.9. The molecule has 0 spiro atoms. The number of anilines is 1. The molecule has 7 heteroatoms. The molecule has 0 saturated heterocycles. The molecule has 1 rings (SSSR count). The van der Waals surface area contributed by atoms with E-state index in [0.29, 0.717) is 11.4 Å². The van der Waals surface area contributed by atoms with Gasteiger partial charge in [0.05, 0.1) is 23.4 Å². The molecule has 0 aliphatic rings. The number of carbonyl (C=O) groups is 2. The van der Waals surface area contributed by atoms with Crippen LogP contribution in [0.2, 0.25) is 0 Å². The lowest BCUT2D eigenvalue weighted by Gasteiger charge is -2.21. The molecular formula is C13H19N3O4. The number of hydrogen-bond acceptors (Lipinski definition) is 4. The van der Waals surface area contributed by atoms with Crippen LogP contribution in [0, 0.1) is 13.8 Å².